The van der Waals surface area contributed by atoms with Gasteiger partial charge in [0.1, 0.15) is 0 Å². The van der Waals surface area contributed by atoms with Crippen molar-refractivity contribution in [3.63, 3.8) is 0 Å². The summed E-state index contributed by atoms with van der Waals surface area (Å²) in [6.45, 7) is 7.79. The first kappa shape index (κ1) is 12.9. The minimum atomic E-state index is -1.15. The molecule has 0 aliphatic heterocycles. The Morgan fingerprint density at radius 3 is 2.28 bits per heavy atom. The highest BCUT2D eigenvalue weighted by Crippen LogP contribution is 2.61. The Balaban J connectivity index is 2.31. The van der Waals surface area contributed by atoms with E-state index in [0.29, 0.717) is 12.8 Å². The van der Waals surface area contributed by atoms with Crippen molar-refractivity contribution in [1.29, 1.82) is 0 Å². The Morgan fingerprint density at radius 2 is 1.83 bits per heavy atom. The van der Waals surface area contributed by atoms with Crippen molar-refractivity contribution in [2.24, 2.45) is 23.2 Å². The van der Waals surface area contributed by atoms with Gasteiger partial charge in [-0.2, -0.15) is 0 Å². The van der Waals surface area contributed by atoms with Gasteiger partial charge >= 0.3 is 11.9 Å². The predicted molar refractivity (Wildman–Crippen MR) is 65.5 cm³/mol. The molecule has 0 amide bonds. The summed E-state index contributed by atoms with van der Waals surface area (Å²) in [5.41, 5.74) is -0.0934. The van der Waals surface area contributed by atoms with Crippen LogP contribution < -0.4 is 0 Å². The van der Waals surface area contributed by atoms with Crippen LogP contribution in [0.1, 0.15) is 12.8 Å². The third-order valence-electron chi connectivity index (χ3n) is 4.44. The van der Waals surface area contributed by atoms with Crippen molar-refractivity contribution in [3.8, 4) is 0 Å². The van der Waals surface area contributed by atoms with Crippen molar-refractivity contribution < 1.29 is 19.1 Å². The average Bonchev–Trinajstić information content (AvgIpc) is 2.74. The molecule has 18 heavy (non-hydrogen) atoms. The van der Waals surface area contributed by atoms with E-state index in [-0.39, 0.29) is 17.8 Å². The summed E-state index contributed by atoms with van der Waals surface area (Å²) in [6.07, 6.45) is 2.75. The molecule has 98 valence electrons. The first-order valence-electron chi connectivity index (χ1n) is 6.00. The van der Waals surface area contributed by atoms with Crippen LogP contribution in [0.2, 0.25) is 0 Å². The molecular formula is C14H18O4. The second-order valence-corrected chi connectivity index (χ2v) is 5.08. The van der Waals surface area contributed by atoms with Gasteiger partial charge in [-0.1, -0.05) is 18.2 Å². The second kappa shape index (κ2) is 4.26. The summed E-state index contributed by atoms with van der Waals surface area (Å²) < 4.78 is 9.59. The summed E-state index contributed by atoms with van der Waals surface area (Å²) in [6, 6.07) is 0. The molecule has 0 bridgehead atoms. The molecular weight excluding hydrogens is 232 g/mol. The van der Waals surface area contributed by atoms with E-state index in [0.717, 1.165) is 5.57 Å². The quantitative estimate of drug-likeness (QED) is 0.435. The number of esters is 2. The number of ether oxygens (including phenoxy) is 2. The van der Waals surface area contributed by atoms with Gasteiger partial charge in [0.2, 0.25) is 0 Å². The first-order valence-corrected chi connectivity index (χ1v) is 6.00. The summed E-state index contributed by atoms with van der Waals surface area (Å²) in [4.78, 5) is 24.0. The lowest BCUT2D eigenvalue weighted by molar-refractivity contribution is -0.168. The number of fused-ring (bicyclic) bond motifs is 1. The highest BCUT2D eigenvalue weighted by Gasteiger charge is 2.63. The Labute approximate surface area is 107 Å². The van der Waals surface area contributed by atoms with Crippen LogP contribution in [0.5, 0.6) is 0 Å². The lowest BCUT2D eigenvalue weighted by Gasteiger charge is -2.41. The van der Waals surface area contributed by atoms with Crippen LogP contribution in [0.4, 0.5) is 0 Å². The fraction of sp³-hybridized carbons (Fsp3) is 0.571. The predicted octanol–water partition coefficient (Wildman–Crippen LogP) is 1.72. The van der Waals surface area contributed by atoms with E-state index in [1.54, 1.807) is 0 Å². The van der Waals surface area contributed by atoms with Gasteiger partial charge in [-0.25, -0.2) is 0 Å². The molecule has 2 rings (SSSR count). The van der Waals surface area contributed by atoms with E-state index in [1.807, 2.05) is 6.08 Å². The molecule has 0 radical (unpaired) electrons. The Kier molecular flexibility index (Phi) is 3.05. The van der Waals surface area contributed by atoms with Crippen LogP contribution in [0.15, 0.2) is 24.8 Å². The summed E-state index contributed by atoms with van der Waals surface area (Å²) >= 11 is 0. The van der Waals surface area contributed by atoms with Crippen LogP contribution in [0.25, 0.3) is 0 Å². The van der Waals surface area contributed by atoms with E-state index < -0.39 is 17.4 Å². The highest BCUT2D eigenvalue weighted by molar-refractivity contribution is 6.00. The van der Waals surface area contributed by atoms with Crippen LogP contribution in [0.3, 0.4) is 0 Å². The minimum Gasteiger partial charge on any atom is -0.468 e. The Morgan fingerprint density at radius 1 is 1.28 bits per heavy atom. The fourth-order valence-electron chi connectivity index (χ4n) is 3.48. The van der Waals surface area contributed by atoms with Crippen LogP contribution in [-0.4, -0.2) is 26.2 Å². The molecule has 0 aromatic rings. The van der Waals surface area contributed by atoms with Crippen molar-refractivity contribution in [1.82, 2.24) is 0 Å². The van der Waals surface area contributed by atoms with Crippen LogP contribution >= 0.6 is 0 Å². The number of carbonyl (C=O) groups is 2. The molecule has 4 nitrogen and oxygen atoms in total. The molecule has 2 aliphatic rings. The number of hydrogen-bond acceptors (Lipinski definition) is 4. The van der Waals surface area contributed by atoms with Crippen molar-refractivity contribution in [2.75, 3.05) is 14.2 Å². The van der Waals surface area contributed by atoms with Crippen molar-refractivity contribution in [3.05, 3.63) is 24.8 Å². The smallest absolute Gasteiger partial charge is 0.323 e. The van der Waals surface area contributed by atoms with E-state index in [4.69, 9.17) is 9.47 Å². The number of rotatable bonds is 3. The van der Waals surface area contributed by atoms with Gasteiger partial charge < -0.3 is 9.47 Å². The maximum atomic E-state index is 12.0. The molecule has 0 spiro atoms. The largest absolute Gasteiger partial charge is 0.468 e. The van der Waals surface area contributed by atoms with Crippen molar-refractivity contribution in [2.45, 2.75) is 12.8 Å². The SMILES string of the molecule is C=C[C@H]1C(=C)[C@@H]2CC(C(=O)OC)(C(=O)OC)C[C@H]12. The molecule has 0 unspecified atom stereocenters. The van der Waals surface area contributed by atoms with Crippen LogP contribution in [-0.2, 0) is 19.1 Å². The number of allylic oxidation sites excluding steroid dienone is 2. The molecule has 0 aromatic carbocycles. The molecule has 4 heteroatoms. The van der Waals surface area contributed by atoms with Gasteiger partial charge in [0.15, 0.2) is 5.41 Å². The van der Waals surface area contributed by atoms with E-state index in [2.05, 4.69) is 13.2 Å². The molecule has 0 N–H and O–H groups in total. The zero-order valence-corrected chi connectivity index (χ0v) is 10.8. The van der Waals surface area contributed by atoms with Gasteiger partial charge in [-0.15, -0.1) is 6.58 Å². The third-order valence-corrected chi connectivity index (χ3v) is 4.44. The second-order valence-electron chi connectivity index (χ2n) is 5.08. The number of methoxy groups -OCH3 is 2. The van der Waals surface area contributed by atoms with Gasteiger partial charge in [-0.05, 0) is 24.7 Å². The normalized spacial score (nSPS) is 32.1. The topological polar surface area (TPSA) is 52.6 Å². The van der Waals surface area contributed by atoms with Gasteiger partial charge in [0.05, 0.1) is 14.2 Å². The summed E-state index contributed by atoms with van der Waals surface area (Å²) in [7, 11) is 2.60. The summed E-state index contributed by atoms with van der Waals surface area (Å²) in [5.74, 6) is -0.343. The van der Waals surface area contributed by atoms with E-state index in [1.165, 1.54) is 14.2 Å². The monoisotopic (exact) mass is 250 g/mol. The maximum absolute atomic E-state index is 12.0. The van der Waals surface area contributed by atoms with E-state index in [9.17, 15) is 9.59 Å². The molecule has 0 saturated heterocycles. The highest BCUT2D eigenvalue weighted by atomic mass is 16.5. The Hall–Kier alpha value is -1.58. The molecule has 0 aromatic heterocycles. The molecule has 0 heterocycles. The van der Waals surface area contributed by atoms with Gasteiger partial charge in [0, 0.05) is 5.92 Å². The summed E-state index contributed by atoms with van der Waals surface area (Å²) in [5, 5.41) is 0. The van der Waals surface area contributed by atoms with Gasteiger partial charge in [0.25, 0.3) is 0 Å². The lowest BCUT2D eigenvalue weighted by atomic mass is 9.63. The molecule has 2 fully saturated rings. The molecule has 2 saturated carbocycles. The zero-order chi connectivity index (χ0) is 13.5. The maximum Gasteiger partial charge on any atom is 0.323 e. The van der Waals surface area contributed by atoms with Crippen LogP contribution in [0, 0.1) is 23.2 Å². The van der Waals surface area contributed by atoms with Crippen molar-refractivity contribution >= 4 is 11.9 Å². The standard InChI is InChI=1S/C14H18O4/c1-5-9-8(2)10-6-14(7-11(9)10,12(15)17-3)13(16)18-4/h5,9-11H,1-2,6-7H2,3-4H3/t9-,10-,11+/m0/s1. The minimum absolute atomic E-state index is 0.200. The van der Waals surface area contributed by atoms with Gasteiger partial charge in [-0.3, -0.25) is 9.59 Å². The fourth-order valence-corrected chi connectivity index (χ4v) is 3.48. The lowest BCUT2D eigenvalue weighted by Crippen LogP contribution is -2.39. The zero-order valence-electron chi connectivity index (χ0n) is 10.8. The molecule has 3 atom stereocenters. The average molecular weight is 250 g/mol. The Bertz CT molecular complexity index is 408. The van der Waals surface area contributed by atoms with E-state index >= 15 is 0 Å². The number of hydrogen-bond donors (Lipinski definition) is 0. The third kappa shape index (κ3) is 1.44. The number of carbonyl (C=O) groups excluding carboxylic acids is 2. The molecule has 2 aliphatic carbocycles. The first-order chi connectivity index (χ1) is 8.51.